The molecule has 2 heterocycles. The molecule has 2 rings (SSSR count). The average molecular weight is 250 g/mol. The Morgan fingerprint density at radius 1 is 1.61 bits per heavy atom. The third kappa shape index (κ3) is 2.29. The summed E-state index contributed by atoms with van der Waals surface area (Å²) in [5, 5.41) is 15.5. The smallest absolute Gasteiger partial charge is 0.338 e. The molecule has 0 aliphatic carbocycles. The lowest BCUT2D eigenvalue weighted by atomic mass is 10.2. The van der Waals surface area contributed by atoms with Gasteiger partial charge >= 0.3 is 5.97 Å². The van der Waals surface area contributed by atoms with Gasteiger partial charge in [-0.05, 0) is 13.0 Å². The molecule has 0 fully saturated rings. The van der Waals surface area contributed by atoms with Crippen LogP contribution >= 0.6 is 0 Å². The largest absolute Gasteiger partial charge is 0.478 e. The van der Waals surface area contributed by atoms with E-state index in [4.69, 9.17) is 5.11 Å². The van der Waals surface area contributed by atoms with E-state index in [9.17, 15) is 9.18 Å². The van der Waals surface area contributed by atoms with E-state index in [2.05, 4.69) is 15.4 Å². The maximum absolute atomic E-state index is 13.8. The van der Waals surface area contributed by atoms with Gasteiger partial charge in [-0.3, -0.25) is 4.68 Å². The number of rotatable bonds is 4. The lowest BCUT2D eigenvalue weighted by molar-refractivity contribution is 0.0692. The first kappa shape index (κ1) is 12.0. The SMILES string of the molecule is CCn1cc(Nc2nccc(C(=O)O)c2F)cn1. The summed E-state index contributed by atoms with van der Waals surface area (Å²) in [6.45, 7) is 2.60. The predicted octanol–water partition coefficient (Wildman–Crippen LogP) is 1.88. The molecule has 18 heavy (non-hydrogen) atoms. The Balaban J connectivity index is 2.29. The number of carboxylic acids is 1. The molecule has 94 valence electrons. The van der Waals surface area contributed by atoms with Crippen molar-refractivity contribution in [1.29, 1.82) is 0 Å². The lowest BCUT2D eigenvalue weighted by Crippen LogP contribution is -2.05. The summed E-state index contributed by atoms with van der Waals surface area (Å²) in [6.07, 6.45) is 4.42. The minimum absolute atomic E-state index is 0.134. The van der Waals surface area contributed by atoms with Crippen LogP contribution in [0.1, 0.15) is 17.3 Å². The van der Waals surface area contributed by atoms with Crippen molar-refractivity contribution in [1.82, 2.24) is 14.8 Å². The van der Waals surface area contributed by atoms with Gasteiger partial charge in [-0.2, -0.15) is 5.10 Å². The molecular formula is C11H11FN4O2. The number of nitrogens with zero attached hydrogens (tertiary/aromatic N) is 3. The highest BCUT2D eigenvalue weighted by molar-refractivity contribution is 5.89. The minimum atomic E-state index is -1.33. The van der Waals surface area contributed by atoms with Crippen LogP contribution in [0.5, 0.6) is 0 Å². The number of carboxylic acid groups (broad SMARTS) is 1. The van der Waals surface area contributed by atoms with Crippen molar-refractivity contribution in [2.24, 2.45) is 0 Å². The molecular weight excluding hydrogens is 239 g/mol. The monoisotopic (exact) mass is 250 g/mol. The van der Waals surface area contributed by atoms with Crippen molar-refractivity contribution in [3.05, 3.63) is 36.0 Å². The minimum Gasteiger partial charge on any atom is -0.478 e. The Hall–Kier alpha value is -2.44. The van der Waals surface area contributed by atoms with Crippen LogP contribution in [-0.2, 0) is 6.54 Å². The second-order valence-corrected chi connectivity index (χ2v) is 3.54. The summed E-state index contributed by atoms with van der Waals surface area (Å²) >= 11 is 0. The third-order valence-corrected chi connectivity index (χ3v) is 2.34. The molecule has 0 aliphatic heterocycles. The number of halogens is 1. The summed E-state index contributed by atoms with van der Waals surface area (Å²) in [7, 11) is 0. The molecule has 0 spiro atoms. The summed E-state index contributed by atoms with van der Waals surface area (Å²) in [4.78, 5) is 14.5. The van der Waals surface area contributed by atoms with Crippen LogP contribution in [0.15, 0.2) is 24.7 Å². The highest BCUT2D eigenvalue weighted by atomic mass is 19.1. The van der Waals surface area contributed by atoms with E-state index in [0.717, 1.165) is 6.07 Å². The van der Waals surface area contributed by atoms with Crippen molar-refractivity contribution in [3.8, 4) is 0 Å². The van der Waals surface area contributed by atoms with E-state index in [-0.39, 0.29) is 5.82 Å². The molecule has 0 saturated heterocycles. The van der Waals surface area contributed by atoms with Gasteiger partial charge in [0.25, 0.3) is 0 Å². The van der Waals surface area contributed by atoms with Gasteiger partial charge in [-0.25, -0.2) is 14.2 Å². The first-order valence-corrected chi connectivity index (χ1v) is 5.29. The molecule has 7 heteroatoms. The highest BCUT2D eigenvalue weighted by Crippen LogP contribution is 2.19. The lowest BCUT2D eigenvalue weighted by Gasteiger charge is -2.05. The molecule has 0 unspecified atom stereocenters. The Bertz CT molecular complexity index is 582. The molecule has 2 aromatic rings. The number of nitrogens with one attached hydrogen (secondary N) is 1. The molecule has 2 N–H and O–H groups in total. The van der Waals surface area contributed by atoms with Gasteiger partial charge in [0.05, 0.1) is 11.9 Å². The number of pyridine rings is 1. The van der Waals surface area contributed by atoms with Crippen molar-refractivity contribution in [2.75, 3.05) is 5.32 Å². The summed E-state index contributed by atoms with van der Waals surface area (Å²) in [5.41, 5.74) is 0.126. The van der Waals surface area contributed by atoms with Crippen LogP contribution < -0.4 is 5.32 Å². The van der Waals surface area contributed by atoms with Gasteiger partial charge in [0.15, 0.2) is 11.6 Å². The zero-order chi connectivity index (χ0) is 13.1. The van der Waals surface area contributed by atoms with Crippen LogP contribution in [0.25, 0.3) is 0 Å². The maximum atomic E-state index is 13.8. The maximum Gasteiger partial charge on any atom is 0.338 e. The van der Waals surface area contributed by atoms with Crippen molar-refractivity contribution in [3.63, 3.8) is 0 Å². The normalized spacial score (nSPS) is 10.3. The van der Waals surface area contributed by atoms with Gasteiger partial charge in [0, 0.05) is 18.9 Å². The first-order chi connectivity index (χ1) is 8.61. The zero-order valence-corrected chi connectivity index (χ0v) is 9.59. The average Bonchev–Trinajstić information content (AvgIpc) is 2.79. The fourth-order valence-corrected chi connectivity index (χ4v) is 1.43. The second kappa shape index (κ2) is 4.82. The Kier molecular flexibility index (Phi) is 3.22. The third-order valence-electron chi connectivity index (χ3n) is 2.34. The van der Waals surface area contributed by atoms with Gasteiger partial charge in [0.1, 0.15) is 5.56 Å². The number of hydrogen-bond acceptors (Lipinski definition) is 4. The summed E-state index contributed by atoms with van der Waals surface area (Å²) in [5.74, 6) is -2.36. The zero-order valence-electron chi connectivity index (χ0n) is 9.59. The van der Waals surface area contributed by atoms with Crippen LogP contribution in [0, 0.1) is 5.82 Å². The predicted molar refractivity (Wildman–Crippen MR) is 62.3 cm³/mol. The Labute approximate surface area is 102 Å². The molecule has 0 atom stereocenters. The Morgan fingerprint density at radius 3 is 3.00 bits per heavy atom. The number of aryl methyl sites for hydroxylation is 1. The van der Waals surface area contributed by atoms with E-state index >= 15 is 0 Å². The topological polar surface area (TPSA) is 80.0 Å². The summed E-state index contributed by atoms with van der Waals surface area (Å²) < 4.78 is 15.4. The number of hydrogen-bond donors (Lipinski definition) is 2. The standard InChI is InChI=1S/C11H11FN4O2/c1-2-16-6-7(5-14-16)15-10-9(12)8(11(17)18)3-4-13-10/h3-6H,2H2,1H3,(H,13,15)(H,17,18). The van der Waals surface area contributed by atoms with Crippen molar-refractivity contribution < 1.29 is 14.3 Å². The quantitative estimate of drug-likeness (QED) is 0.866. The van der Waals surface area contributed by atoms with Gasteiger partial charge in [-0.1, -0.05) is 0 Å². The van der Waals surface area contributed by atoms with Gasteiger partial charge in [0.2, 0.25) is 0 Å². The fraction of sp³-hybridized carbons (Fsp3) is 0.182. The van der Waals surface area contributed by atoms with Gasteiger partial charge < -0.3 is 10.4 Å². The molecule has 0 radical (unpaired) electrons. The number of anilines is 2. The number of aromatic nitrogens is 3. The van der Waals surface area contributed by atoms with Crippen LogP contribution in [0.4, 0.5) is 15.9 Å². The summed E-state index contributed by atoms with van der Waals surface area (Å²) in [6, 6.07) is 1.11. The number of aromatic carboxylic acids is 1. The Morgan fingerprint density at radius 2 is 2.39 bits per heavy atom. The fourth-order valence-electron chi connectivity index (χ4n) is 1.43. The highest BCUT2D eigenvalue weighted by Gasteiger charge is 2.15. The van der Waals surface area contributed by atoms with Gasteiger partial charge in [-0.15, -0.1) is 0 Å². The molecule has 0 amide bonds. The van der Waals surface area contributed by atoms with E-state index < -0.39 is 17.3 Å². The number of carbonyl (C=O) groups is 1. The van der Waals surface area contributed by atoms with E-state index in [1.807, 2.05) is 6.92 Å². The van der Waals surface area contributed by atoms with E-state index in [1.54, 1.807) is 10.9 Å². The van der Waals surface area contributed by atoms with Crippen molar-refractivity contribution >= 4 is 17.5 Å². The molecule has 2 aromatic heterocycles. The van der Waals surface area contributed by atoms with Crippen LogP contribution in [-0.4, -0.2) is 25.8 Å². The first-order valence-electron chi connectivity index (χ1n) is 5.29. The van der Waals surface area contributed by atoms with Crippen LogP contribution in [0.3, 0.4) is 0 Å². The molecule has 0 bridgehead atoms. The molecule has 0 aromatic carbocycles. The van der Waals surface area contributed by atoms with E-state index in [1.165, 1.54) is 12.4 Å². The molecule has 6 nitrogen and oxygen atoms in total. The van der Waals surface area contributed by atoms with E-state index in [0.29, 0.717) is 12.2 Å². The second-order valence-electron chi connectivity index (χ2n) is 3.54. The van der Waals surface area contributed by atoms with Crippen LogP contribution in [0.2, 0.25) is 0 Å². The van der Waals surface area contributed by atoms with Crippen molar-refractivity contribution in [2.45, 2.75) is 13.5 Å². The molecule has 0 aliphatic rings. The molecule has 0 saturated carbocycles.